The number of piperidine rings is 1. The van der Waals surface area contributed by atoms with Crippen molar-refractivity contribution in [3.8, 4) is 5.75 Å². The summed E-state index contributed by atoms with van der Waals surface area (Å²) in [5, 5.41) is 2.05. The zero-order valence-electron chi connectivity index (χ0n) is 20.2. The van der Waals surface area contributed by atoms with Gasteiger partial charge in [0.05, 0.1) is 19.8 Å². The van der Waals surface area contributed by atoms with Crippen molar-refractivity contribution in [1.29, 1.82) is 0 Å². The predicted octanol–water partition coefficient (Wildman–Crippen LogP) is 1.86. The van der Waals surface area contributed by atoms with Crippen LogP contribution in [0, 0.1) is 0 Å². The number of rotatable bonds is 6. The number of imide groups is 1. The topological polar surface area (TPSA) is 88.2 Å². The lowest BCUT2D eigenvalue weighted by atomic mass is 10.0. The van der Waals surface area contributed by atoms with Gasteiger partial charge >= 0.3 is 0 Å². The van der Waals surface area contributed by atoms with Crippen LogP contribution in [-0.4, -0.2) is 59.9 Å². The monoisotopic (exact) mass is 451 g/mol. The SMILES string of the molecule is [2H]C1([2H])CC(N2Cc3c(OCc4ccc(CN5CCOCC5)cc4)cccc3C2=O)C(=O)NC1=O. The Hall–Kier alpha value is -3.23. The predicted molar refractivity (Wildman–Crippen MR) is 119 cm³/mol. The maximum absolute atomic E-state index is 13.0. The number of ether oxygens (including phenoxy) is 2. The zero-order chi connectivity index (χ0) is 24.6. The third kappa shape index (κ3) is 4.62. The molecule has 2 aromatic rings. The van der Waals surface area contributed by atoms with E-state index in [4.69, 9.17) is 12.2 Å². The molecule has 3 aliphatic heterocycles. The largest absolute Gasteiger partial charge is 0.489 e. The van der Waals surface area contributed by atoms with Crippen LogP contribution in [0.5, 0.6) is 5.75 Å². The number of nitrogens with one attached hydrogen (secondary N) is 1. The summed E-state index contributed by atoms with van der Waals surface area (Å²) in [6.07, 6.45) is -2.59. The Bertz CT molecular complexity index is 1150. The number of carbonyl (C=O) groups excluding carboxylic acids is 3. The van der Waals surface area contributed by atoms with Crippen LogP contribution >= 0.6 is 0 Å². The Morgan fingerprint density at radius 3 is 2.61 bits per heavy atom. The van der Waals surface area contributed by atoms with E-state index >= 15 is 0 Å². The van der Waals surface area contributed by atoms with Gasteiger partial charge in [-0.15, -0.1) is 0 Å². The molecule has 3 heterocycles. The van der Waals surface area contributed by atoms with E-state index in [9.17, 15) is 14.4 Å². The van der Waals surface area contributed by atoms with Gasteiger partial charge in [-0.25, -0.2) is 0 Å². The molecule has 0 bridgehead atoms. The Morgan fingerprint density at radius 2 is 1.82 bits per heavy atom. The average molecular weight is 452 g/mol. The lowest BCUT2D eigenvalue weighted by molar-refractivity contribution is -0.136. The van der Waals surface area contributed by atoms with Crippen LogP contribution in [0.4, 0.5) is 0 Å². The van der Waals surface area contributed by atoms with Gasteiger partial charge in [-0.05, 0) is 29.7 Å². The van der Waals surface area contributed by atoms with Crippen molar-refractivity contribution in [1.82, 2.24) is 15.1 Å². The van der Waals surface area contributed by atoms with Gasteiger partial charge in [0.15, 0.2) is 0 Å². The number of carbonyl (C=O) groups is 3. The van der Waals surface area contributed by atoms with Crippen molar-refractivity contribution in [3.05, 3.63) is 64.7 Å². The lowest BCUT2D eigenvalue weighted by Gasteiger charge is -2.29. The summed E-state index contributed by atoms with van der Waals surface area (Å²) < 4.78 is 27.2. The Labute approximate surface area is 195 Å². The third-order valence-corrected chi connectivity index (χ3v) is 6.25. The van der Waals surface area contributed by atoms with Crippen LogP contribution in [0.1, 0.15) is 42.6 Å². The molecule has 0 aromatic heterocycles. The minimum absolute atomic E-state index is 0.116. The quantitative estimate of drug-likeness (QED) is 0.675. The Morgan fingerprint density at radius 1 is 1.06 bits per heavy atom. The minimum atomic E-state index is -2.22. The van der Waals surface area contributed by atoms with Crippen molar-refractivity contribution < 1.29 is 26.6 Å². The fourth-order valence-electron chi connectivity index (χ4n) is 4.41. The van der Waals surface area contributed by atoms with Gasteiger partial charge in [-0.2, -0.15) is 0 Å². The second-order valence-corrected chi connectivity index (χ2v) is 8.42. The molecule has 33 heavy (non-hydrogen) atoms. The van der Waals surface area contributed by atoms with Gasteiger partial charge in [0, 0.05) is 39.9 Å². The first-order valence-electron chi connectivity index (χ1n) is 12.1. The number of nitrogens with zero attached hydrogens (tertiary/aromatic N) is 2. The molecular weight excluding hydrogens is 422 g/mol. The van der Waals surface area contributed by atoms with Crippen LogP contribution < -0.4 is 10.1 Å². The molecule has 0 radical (unpaired) electrons. The maximum atomic E-state index is 13.0. The molecule has 1 unspecified atom stereocenters. The number of benzene rings is 2. The summed E-state index contributed by atoms with van der Waals surface area (Å²) in [6, 6.07) is 12.4. The van der Waals surface area contributed by atoms with E-state index in [1.54, 1.807) is 18.2 Å². The Balaban J connectivity index is 1.25. The molecule has 8 nitrogen and oxygen atoms in total. The van der Waals surface area contributed by atoms with E-state index < -0.39 is 24.2 Å². The number of hydrogen-bond donors (Lipinski definition) is 1. The van der Waals surface area contributed by atoms with E-state index in [1.165, 1.54) is 10.5 Å². The molecule has 172 valence electrons. The minimum Gasteiger partial charge on any atom is -0.489 e. The average Bonchev–Trinajstić information content (AvgIpc) is 3.19. The summed E-state index contributed by atoms with van der Waals surface area (Å²) in [7, 11) is 0. The lowest BCUT2D eigenvalue weighted by Crippen LogP contribution is -2.52. The molecule has 5 rings (SSSR count). The van der Waals surface area contributed by atoms with E-state index in [0.29, 0.717) is 23.5 Å². The van der Waals surface area contributed by atoms with Gasteiger partial charge in [-0.1, -0.05) is 30.3 Å². The number of hydrogen-bond acceptors (Lipinski definition) is 6. The van der Waals surface area contributed by atoms with E-state index in [1.807, 2.05) is 17.4 Å². The summed E-state index contributed by atoms with van der Waals surface area (Å²) in [5.41, 5.74) is 3.30. The molecule has 3 aliphatic rings. The fourth-order valence-corrected chi connectivity index (χ4v) is 4.41. The summed E-state index contributed by atoms with van der Waals surface area (Å²) in [5.74, 6) is -1.46. The highest BCUT2D eigenvalue weighted by Crippen LogP contribution is 2.34. The van der Waals surface area contributed by atoms with Gasteiger partial charge in [0.25, 0.3) is 5.91 Å². The highest BCUT2D eigenvalue weighted by molar-refractivity contribution is 6.05. The molecule has 2 saturated heterocycles. The molecule has 1 N–H and O–H groups in total. The second-order valence-electron chi connectivity index (χ2n) is 8.42. The molecular formula is C25H27N3O5. The highest BCUT2D eigenvalue weighted by atomic mass is 16.5. The van der Waals surface area contributed by atoms with Gasteiger partial charge in [-0.3, -0.25) is 24.6 Å². The van der Waals surface area contributed by atoms with Crippen LogP contribution in [0.25, 0.3) is 0 Å². The second kappa shape index (κ2) is 9.33. The third-order valence-electron chi connectivity index (χ3n) is 6.25. The van der Waals surface area contributed by atoms with Crippen LogP contribution in [0.2, 0.25) is 0 Å². The van der Waals surface area contributed by atoms with E-state index in [0.717, 1.165) is 38.4 Å². The van der Waals surface area contributed by atoms with Crippen LogP contribution in [-0.2, 0) is 34.0 Å². The first-order chi connectivity index (χ1) is 16.8. The van der Waals surface area contributed by atoms with Gasteiger partial charge in [0.1, 0.15) is 18.4 Å². The van der Waals surface area contributed by atoms with Crippen molar-refractivity contribution in [2.24, 2.45) is 0 Å². The molecule has 2 aromatic carbocycles. The molecule has 0 saturated carbocycles. The van der Waals surface area contributed by atoms with Crippen molar-refractivity contribution in [3.63, 3.8) is 0 Å². The molecule has 8 heteroatoms. The van der Waals surface area contributed by atoms with Gasteiger partial charge < -0.3 is 14.4 Å². The van der Waals surface area contributed by atoms with Crippen LogP contribution in [0.15, 0.2) is 42.5 Å². The summed E-state index contributed by atoms with van der Waals surface area (Å²) in [4.78, 5) is 40.8. The number of fused-ring (bicyclic) bond motifs is 1. The summed E-state index contributed by atoms with van der Waals surface area (Å²) >= 11 is 0. The van der Waals surface area contributed by atoms with Crippen molar-refractivity contribution in [2.45, 2.75) is 38.5 Å². The standard InChI is InChI=1S/C25H27N3O5/c29-23-9-8-21(24(30)26-23)28-15-20-19(25(28)31)2-1-3-22(20)33-16-18-6-4-17(5-7-18)14-27-10-12-32-13-11-27/h1-7,21H,8-16H2,(H,26,29,30)/i9D2. The first-order valence-corrected chi connectivity index (χ1v) is 11.1. The van der Waals surface area contributed by atoms with E-state index in [2.05, 4.69) is 17.0 Å². The smallest absolute Gasteiger partial charge is 0.255 e. The van der Waals surface area contributed by atoms with Gasteiger partial charge in [0.2, 0.25) is 11.8 Å². The normalized spacial score (nSPS) is 23.6. The number of morpholine rings is 1. The molecule has 2 fully saturated rings. The fraction of sp³-hybridized carbons (Fsp3) is 0.400. The number of amides is 3. The maximum Gasteiger partial charge on any atom is 0.255 e. The molecule has 1 atom stereocenters. The first kappa shape index (κ1) is 19.3. The molecule has 0 spiro atoms. The van der Waals surface area contributed by atoms with Crippen molar-refractivity contribution in [2.75, 3.05) is 26.3 Å². The highest BCUT2D eigenvalue weighted by Gasteiger charge is 2.40. The molecule has 0 aliphatic carbocycles. The van der Waals surface area contributed by atoms with Crippen molar-refractivity contribution >= 4 is 17.7 Å². The summed E-state index contributed by atoms with van der Waals surface area (Å²) in [6.45, 7) is 4.72. The van der Waals surface area contributed by atoms with Crippen LogP contribution in [0.3, 0.4) is 0 Å². The van der Waals surface area contributed by atoms with E-state index in [-0.39, 0.29) is 18.9 Å². The Kier molecular flexibility index (Phi) is 5.44. The zero-order valence-corrected chi connectivity index (χ0v) is 18.2. The molecule has 3 amide bonds.